The molecule has 2 N–H and O–H groups in total. The highest BCUT2D eigenvalue weighted by Gasteiger charge is 2.39. The number of carbonyl (C=O) groups excluding carboxylic acids is 2. The third-order valence-electron chi connectivity index (χ3n) is 6.46. The van der Waals surface area contributed by atoms with Gasteiger partial charge in [-0.3, -0.25) is 9.59 Å². The summed E-state index contributed by atoms with van der Waals surface area (Å²) in [6.45, 7) is 4.24. The van der Waals surface area contributed by atoms with E-state index in [4.69, 9.17) is 14.6 Å². The maximum Gasteiger partial charge on any atom is 0.407 e. The summed E-state index contributed by atoms with van der Waals surface area (Å²) in [4.78, 5) is 38.2. The first kappa shape index (κ1) is 23.8. The first-order valence-electron chi connectivity index (χ1n) is 11.6. The Morgan fingerprint density at radius 1 is 1.09 bits per heavy atom. The first-order chi connectivity index (χ1) is 16.4. The van der Waals surface area contributed by atoms with Gasteiger partial charge in [-0.15, -0.1) is 0 Å². The fourth-order valence-corrected chi connectivity index (χ4v) is 4.77. The van der Waals surface area contributed by atoms with Crippen LogP contribution >= 0.6 is 0 Å². The second kappa shape index (κ2) is 10.3. The van der Waals surface area contributed by atoms with Crippen molar-refractivity contribution >= 4 is 18.0 Å². The van der Waals surface area contributed by atoms with Crippen LogP contribution in [0, 0.1) is 0 Å². The zero-order valence-electron chi connectivity index (χ0n) is 19.4. The number of benzene rings is 2. The van der Waals surface area contributed by atoms with Crippen molar-refractivity contribution in [2.24, 2.45) is 0 Å². The number of hydrogen-bond donors (Lipinski definition) is 2. The van der Waals surface area contributed by atoms with Gasteiger partial charge < -0.3 is 24.8 Å². The molecule has 1 heterocycles. The van der Waals surface area contributed by atoms with E-state index in [0.717, 1.165) is 22.3 Å². The molecule has 1 aliphatic heterocycles. The van der Waals surface area contributed by atoms with Gasteiger partial charge in [0, 0.05) is 25.1 Å². The number of carboxylic acid groups (broad SMARTS) is 1. The topological polar surface area (TPSA) is 105 Å². The molecule has 2 aromatic rings. The number of hydrogen-bond acceptors (Lipinski definition) is 5. The second-order valence-electron chi connectivity index (χ2n) is 8.93. The third kappa shape index (κ3) is 4.92. The van der Waals surface area contributed by atoms with Crippen molar-refractivity contribution in [3.8, 4) is 11.1 Å². The average molecular weight is 467 g/mol. The van der Waals surface area contributed by atoms with Crippen LogP contribution in [-0.4, -0.2) is 65.9 Å². The lowest BCUT2D eigenvalue weighted by molar-refractivity contribution is -0.145. The molecule has 0 saturated carbocycles. The van der Waals surface area contributed by atoms with Crippen LogP contribution in [0.15, 0.2) is 48.5 Å². The van der Waals surface area contributed by atoms with Crippen LogP contribution in [0.25, 0.3) is 11.1 Å². The Kier molecular flexibility index (Phi) is 7.17. The Bertz CT molecular complexity index is 1020. The van der Waals surface area contributed by atoms with Crippen LogP contribution in [0.3, 0.4) is 0 Å². The third-order valence-corrected chi connectivity index (χ3v) is 6.46. The molecular weight excluding hydrogens is 436 g/mol. The number of ether oxygens (including phenoxy) is 2. The smallest absolute Gasteiger partial charge is 0.407 e. The predicted molar refractivity (Wildman–Crippen MR) is 125 cm³/mol. The van der Waals surface area contributed by atoms with Crippen LogP contribution < -0.4 is 5.32 Å². The van der Waals surface area contributed by atoms with Gasteiger partial charge in [-0.2, -0.15) is 0 Å². The largest absolute Gasteiger partial charge is 0.481 e. The quantitative estimate of drug-likeness (QED) is 0.618. The molecule has 8 heteroatoms. The Hall–Kier alpha value is -3.39. The van der Waals surface area contributed by atoms with Crippen molar-refractivity contribution < 1.29 is 29.0 Å². The lowest BCUT2D eigenvalue weighted by atomic mass is 9.98. The number of alkyl carbamates (subject to hydrolysis) is 1. The summed E-state index contributed by atoms with van der Waals surface area (Å²) < 4.78 is 11.2. The molecule has 0 aromatic heterocycles. The van der Waals surface area contributed by atoms with E-state index in [1.54, 1.807) is 0 Å². The molecular formula is C26H30N2O6. The number of amides is 2. The first-order valence-corrected chi connectivity index (χ1v) is 11.6. The second-order valence-corrected chi connectivity index (χ2v) is 8.93. The molecule has 0 radical (unpaired) electrons. The van der Waals surface area contributed by atoms with Crippen molar-refractivity contribution in [3.05, 3.63) is 59.7 Å². The number of nitrogens with zero attached hydrogens (tertiary/aromatic N) is 1. The number of fused-ring (bicyclic) bond motifs is 3. The summed E-state index contributed by atoms with van der Waals surface area (Å²) in [6, 6.07) is 15.5. The highest BCUT2D eigenvalue weighted by Crippen LogP contribution is 2.44. The Morgan fingerprint density at radius 2 is 1.71 bits per heavy atom. The fourth-order valence-electron chi connectivity index (χ4n) is 4.77. The van der Waals surface area contributed by atoms with Gasteiger partial charge in [0.05, 0.1) is 12.5 Å². The number of aliphatic carboxylic acids is 1. The van der Waals surface area contributed by atoms with Gasteiger partial charge in [0.25, 0.3) is 5.91 Å². The summed E-state index contributed by atoms with van der Waals surface area (Å²) in [6.07, 6.45) is -1.14. The van der Waals surface area contributed by atoms with Crippen LogP contribution in [0.4, 0.5) is 4.79 Å². The van der Waals surface area contributed by atoms with E-state index in [1.165, 1.54) is 4.90 Å². The molecule has 1 fully saturated rings. The van der Waals surface area contributed by atoms with Gasteiger partial charge in [-0.25, -0.2) is 4.79 Å². The molecule has 180 valence electrons. The van der Waals surface area contributed by atoms with Gasteiger partial charge in [-0.1, -0.05) is 48.5 Å². The molecule has 2 amide bonds. The van der Waals surface area contributed by atoms with E-state index in [0.29, 0.717) is 13.0 Å². The number of nitrogens with one attached hydrogen (secondary N) is 1. The summed E-state index contributed by atoms with van der Waals surface area (Å²) in [5, 5.41) is 11.8. The van der Waals surface area contributed by atoms with E-state index >= 15 is 0 Å². The van der Waals surface area contributed by atoms with Crippen molar-refractivity contribution in [1.29, 1.82) is 0 Å². The Balaban J connectivity index is 1.38. The Labute approximate surface area is 198 Å². The van der Waals surface area contributed by atoms with Gasteiger partial charge in [0.15, 0.2) is 6.10 Å². The molecule has 2 aliphatic rings. The number of rotatable bonds is 8. The molecule has 8 nitrogen and oxygen atoms in total. The molecule has 2 aromatic carbocycles. The minimum atomic E-state index is -0.973. The van der Waals surface area contributed by atoms with Gasteiger partial charge >= 0.3 is 12.1 Å². The standard InChI is InChI=1S/C26H30N2O6/c1-16(2)28(13-11-23(29)30)25(31)24-22(12-14-33-24)27-26(32)34-15-21-19-9-5-3-7-17(19)18-8-4-6-10-20(18)21/h3-10,16,21-22,24H,11-15H2,1-2H3,(H,27,32)(H,29,30)/t22-,24+/m0/s1. The maximum absolute atomic E-state index is 13.0. The summed E-state index contributed by atoms with van der Waals surface area (Å²) in [7, 11) is 0. The van der Waals surface area contributed by atoms with E-state index < -0.39 is 24.2 Å². The Morgan fingerprint density at radius 3 is 2.29 bits per heavy atom. The highest BCUT2D eigenvalue weighted by molar-refractivity contribution is 5.84. The van der Waals surface area contributed by atoms with Gasteiger partial charge in [0.2, 0.25) is 0 Å². The average Bonchev–Trinajstić information content (AvgIpc) is 3.39. The molecule has 0 spiro atoms. The summed E-state index contributed by atoms with van der Waals surface area (Å²) in [5.74, 6) is -1.35. The minimum Gasteiger partial charge on any atom is -0.481 e. The fraction of sp³-hybridized carbons (Fsp3) is 0.423. The van der Waals surface area contributed by atoms with Crippen LogP contribution in [0.2, 0.25) is 0 Å². The normalized spacial score (nSPS) is 18.9. The van der Waals surface area contributed by atoms with E-state index in [-0.39, 0.29) is 37.4 Å². The van der Waals surface area contributed by atoms with Gasteiger partial charge in [0.1, 0.15) is 6.61 Å². The van der Waals surface area contributed by atoms with Crippen molar-refractivity contribution in [3.63, 3.8) is 0 Å². The van der Waals surface area contributed by atoms with Gasteiger partial charge in [-0.05, 0) is 42.5 Å². The van der Waals surface area contributed by atoms with E-state index in [2.05, 4.69) is 29.6 Å². The van der Waals surface area contributed by atoms with E-state index in [1.807, 2.05) is 38.1 Å². The summed E-state index contributed by atoms with van der Waals surface area (Å²) in [5.41, 5.74) is 4.55. The zero-order chi connectivity index (χ0) is 24.2. The molecule has 4 rings (SSSR count). The molecule has 2 atom stereocenters. The molecule has 34 heavy (non-hydrogen) atoms. The number of carboxylic acids is 1. The SMILES string of the molecule is CC(C)N(CCC(=O)O)C(=O)[C@@H]1OCC[C@@H]1NC(=O)OCC1c2ccccc2-c2ccccc21. The van der Waals surface area contributed by atoms with Crippen LogP contribution in [0.5, 0.6) is 0 Å². The van der Waals surface area contributed by atoms with Crippen LogP contribution in [0.1, 0.15) is 43.7 Å². The monoisotopic (exact) mass is 466 g/mol. The highest BCUT2D eigenvalue weighted by atomic mass is 16.6. The predicted octanol–water partition coefficient (Wildman–Crippen LogP) is 3.39. The number of carbonyl (C=O) groups is 3. The molecule has 1 aliphatic carbocycles. The zero-order valence-corrected chi connectivity index (χ0v) is 19.4. The molecule has 1 saturated heterocycles. The molecule has 0 bridgehead atoms. The minimum absolute atomic E-state index is 0.0529. The lowest BCUT2D eigenvalue weighted by Gasteiger charge is -2.30. The van der Waals surface area contributed by atoms with E-state index in [9.17, 15) is 14.4 Å². The maximum atomic E-state index is 13.0. The van der Waals surface area contributed by atoms with Crippen LogP contribution in [-0.2, 0) is 19.1 Å². The summed E-state index contributed by atoms with van der Waals surface area (Å²) >= 11 is 0. The lowest BCUT2D eigenvalue weighted by Crippen LogP contribution is -2.52. The van der Waals surface area contributed by atoms with Crippen molar-refractivity contribution in [1.82, 2.24) is 10.2 Å². The van der Waals surface area contributed by atoms with Crippen molar-refractivity contribution in [2.45, 2.75) is 50.8 Å². The molecule has 0 unspecified atom stereocenters. The van der Waals surface area contributed by atoms with Crippen molar-refractivity contribution in [2.75, 3.05) is 19.8 Å².